The van der Waals surface area contributed by atoms with Crippen LogP contribution >= 0.6 is 0 Å². The van der Waals surface area contributed by atoms with E-state index in [1.165, 1.54) is 19.3 Å². The Morgan fingerprint density at radius 3 is 2.31 bits per heavy atom. The van der Waals surface area contributed by atoms with Crippen LogP contribution < -0.4 is 0 Å². The largest absolute Gasteiger partial charge is 0.300 e. The second kappa shape index (κ2) is 9.57. The Labute approximate surface area is 83.1 Å². The molecule has 0 bridgehead atoms. The van der Waals surface area contributed by atoms with Gasteiger partial charge in [-0.1, -0.05) is 27.2 Å². The summed E-state index contributed by atoms with van der Waals surface area (Å²) in [5.41, 5.74) is 3.23. The van der Waals surface area contributed by atoms with Crippen molar-refractivity contribution >= 4 is 0 Å². The molecule has 0 aromatic carbocycles. The van der Waals surface area contributed by atoms with E-state index in [1.54, 1.807) is 0 Å². The van der Waals surface area contributed by atoms with Crippen molar-refractivity contribution in [2.24, 2.45) is 0 Å². The molecule has 13 heavy (non-hydrogen) atoms. The van der Waals surface area contributed by atoms with Crippen LogP contribution in [0.15, 0.2) is 17.9 Å². The molecule has 1 heteroatoms. The summed E-state index contributed by atoms with van der Waals surface area (Å²) < 4.78 is 0. The fraction of sp³-hybridized carbons (Fsp3) is 0.750. The topological polar surface area (TPSA) is 3.24 Å². The average Bonchev–Trinajstić information content (AvgIpc) is 2.17. The van der Waals surface area contributed by atoms with Gasteiger partial charge >= 0.3 is 0 Å². The van der Waals surface area contributed by atoms with Gasteiger partial charge in [-0.2, -0.15) is 0 Å². The number of nitrogens with zero attached hydrogens (tertiary/aromatic N) is 1. The van der Waals surface area contributed by atoms with E-state index >= 15 is 0 Å². The van der Waals surface area contributed by atoms with Gasteiger partial charge in [-0.3, -0.25) is 4.90 Å². The summed E-state index contributed by atoms with van der Waals surface area (Å²) in [5, 5.41) is 0. The maximum absolute atomic E-state index is 3.23. The normalized spacial score (nSPS) is 9.85. The van der Waals surface area contributed by atoms with E-state index in [2.05, 4.69) is 43.6 Å². The first-order chi connectivity index (χ1) is 6.35. The van der Waals surface area contributed by atoms with Gasteiger partial charge in [-0.15, -0.1) is 5.73 Å². The Kier molecular flexibility index (Phi) is 9.18. The van der Waals surface area contributed by atoms with Crippen LogP contribution in [0.4, 0.5) is 0 Å². The lowest BCUT2D eigenvalue weighted by Gasteiger charge is -2.13. The Morgan fingerprint density at radius 2 is 1.77 bits per heavy atom. The summed E-state index contributed by atoms with van der Waals surface area (Å²) in [6.07, 6.45) is 8.00. The highest BCUT2D eigenvalue weighted by molar-refractivity contribution is 4.86. The van der Waals surface area contributed by atoms with E-state index in [1.807, 2.05) is 0 Å². The molecule has 0 aliphatic rings. The van der Waals surface area contributed by atoms with Crippen molar-refractivity contribution in [1.82, 2.24) is 4.90 Å². The fourth-order valence-electron chi connectivity index (χ4n) is 1.14. The molecule has 0 aliphatic heterocycles. The smallest absolute Gasteiger partial charge is 0.0237 e. The van der Waals surface area contributed by atoms with Crippen molar-refractivity contribution < 1.29 is 0 Å². The predicted octanol–water partition coefficient (Wildman–Crippen LogP) is 3.23. The van der Waals surface area contributed by atoms with Gasteiger partial charge in [0.25, 0.3) is 0 Å². The molecule has 0 fully saturated rings. The summed E-state index contributed by atoms with van der Waals surface area (Å²) in [6.45, 7) is 9.90. The standard InChI is InChI=1S/C12H23N/c1-4-7-8-9-10-11-12-13(5-2)6-3/h9,11H,4-8,12H2,1-3H3. The zero-order chi connectivity index (χ0) is 9.94. The van der Waals surface area contributed by atoms with Crippen LogP contribution in [0.2, 0.25) is 0 Å². The third kappa shape index (κ3) is 7.83. The Bertz CT molecular complexity index is 151. The number of unbranched alkanes of at least 4 members (excludes halogenated alkanes) is 2. The molecule has 0 N–H and O–H groups in total. The van der Waals surface area contributed by atoms with Gasteiger partial charge in [0.1, 0.15) is 0 Å². The summed E-state index contributed by atoms with van der Waals surface area (Å²) >= 11 is 0. The molecule has 0 rings (SSSR count). The molecular weight excluding hydrogens is 158 g/mol. The van der Waals surface area contributed by atoms with E-state index in [4.69, 9.17) is 0 Å². The van der Waals surface area contributed by atoms with E-state index in [9.17, 15) is 0 Å². The van der Waals surface area contributed by atoms with Crippen molar-refractivity contribution in [3.63, 3.8) is 0 Å². The van der Waals surface area contributed by atoms with Crippen LogP contribution in [0.1, 0.15) is 40.0 Å². The number of likely N-dealkylation sites (N-methyl/N-ethyl adjacent to an activating group) is 1. The molecule has 0 amide bonds. The maximum Gasteiger partial charge on any atom is 0.0237 e. The van der Waals surface area contributed by atoms with Gasteiger partial charge in [-0.25, -0.2) is 0 Å². The van der Waals surface area contributed by atoms with E-state index < -0.39 is 0 Å². The molecule has 0 saturated carbocycles. The highest BCUT2D eigenvalue weighted by Gasteiger charge is 1.92. The van der Waals surface area contributed by atoms with Gasteiger partial charge in [0, 0.05) is 6.54 Å². The summed E-state index contributed by atoms with van der Waals surface area (Å²) in [7, 11) is 0. The van der Waals surface area contributed by atoms with Crippen molar-refractivity contribution in [1.29, 1.82) is 0 Å². The number of rotatable bonds is 7. The van der Waals surface area contributed by atoms with Gasteiger partial charge < -0.3 is 0 Å². The van der Waals surface area contributed by atoms with E-state index in [0.29, 0.717) is 0 Å². The van der Waals surface area contributed by atoms with Crippen LogP contribution in [0, 0.1) is 0 Å². The first-order valence-corrected chi connectivity index (χ1v) is 5.46. The molecule has 0 aromatic heterocycles. The highest BCUT2D eigenvalue weighted by Crippen LogP contribution is 1.93. The van der Waals surface area contributed by atoms with Crippen LogP contribution in [0.5, 0.6) is 0 Å². The zero-order valence-corrected chi connectivity index (χ0v) is 9.34. The van der Waals surface area contributed by atoms with E-state index in [0.717, 1.165) is 19.6 Å². The second-order valence-electron chi connectivity index (χ2n) is 3.20. The summed E-state index contributed by atoms with van der Waals surface area (Å²) in [5.74, 6) is 0. The predicted molar refractivity (Wildman–Crippen MR) is 60.0 cm³/mol. The maximum atomic E-state index is 3.23. The van der Waals surface area contributed by atoms with Gasteiger partial charge in [0.05, 0.1) is 0 Å². The lowest BCUT2D eigenvalue weighted by Crippen LogP contribution is -2.22. The monoisotopic (exact) mass is 181 g/mol. The minimum absolute atomic E-state index is 1.04. The Balaban J connectivity index is 3.53. The zero-order valence-electron chi connectivity index (χ0n) is 9.34. The second-order valence-corrected chi connectivity index (χ2v) is 3.20. The SMILES string of the molecule is CCCCC=C=CCN(CC)CC. The molecule has 0 unspecified atom stereocenters. The van der Waals surface area contributed by atoms with Gasteiger partial charge in [-0.05, 0) is 38.1 Å². The molecule has 0 heterocycles. The van der Waals surface area contributed by atoms with Crippen molar-refractivity contribution in [2.75, 3.05) is 19.6 Å². The number of hydrogen-bond donors (Lipinski definition) is 0. The van der Waals surface area contributed by atoms with Crippen molar-refractivity contribution in [3.05, 3.63) is 17.9 Å². The van der Waals surface area contributed by atoms with Crippen LogP contribution in [-0.4, -0.2) is 24.5 Å². The fourth-order valence-corrected chi connectivity index (χ4v) is 1.14. The number of hydrogen-bond acceptors (Lipinski definition) is 1. The lowest BCUT2D eigenvalue weighted by atomic mass is 10.2. The Morgan fingerprint density at radius 1 is 1.08 bits per heavy atom. The van der Waals surface area contributed by atoms with Gasteiger partial charge in [0.2, 0.25) is 0 Å². The van der Waals surface area contributed by atoms with Crippen LogP contribution in [0.25, 0.3) is 0 Å². The minimum atomic E-state index is 1.04. The molecule has 76 valence electrons. The minimum Gasteiger partial charge on any atom is -0.300 e. The Hall–Kier alpha value is -0.520. The first kappa shape index (κ1) is 12.5. The van der Waals surface area contributed by atoms with Crippen molar-refractivity contribution in [2.45, 2.75) is 40.0 Å². The highest BCUT2D eigenvalue weighted by atomic mass is 15.1. The molecule has 0 aliphatic carbocycles. The van der Waals surface area contributed by atoms with Crippen LogP contribution in [-0.2, 0) is 0 Å². The van der Waals surface area contributed by atoms with E-state index in [-0.39, 0.29) is 0 Å². The molecule has 0 spiro atoms. The quantitative estimate of drug-likeness (QED) is 0.430. The first-order valence-electron chi connectivity index (χ1n) is 5.46. The summed E-state index contributed by atoms with van der Waals surface area (Å²) in [4.78, 5) is 2.38. The van der Waals surface area contributed by atoms with Crippen LogP contribution in [0.3, 0.4) is 0 Å². The molecule has 1 nitrogen and oxygen atoms in total. The lowest BCUT2D eigenvalue weighted by molar-refractivity contribution is 0.337. The molecule has 0 saturated heterocycles. The third-order valence-corrected chi connectivity index (χ3v) is 2.18. The third-order valence-electron chi connectivity index (χ3n) is 2.18. The molecule has 0 radical (unpaired) electrons. The average molecular weight is 181 g/mol. The summed E-state index contributed by atoms with van der Waals surface area (Å²) in [6, 6.07) is 0. The van der Waals surface area contributed by atoms with Gasteiger partial charge in [0.15, 0.2) is 0 Å². The van der Waals surface area contributed by atoms with Crippen molar-refractivity contribution in [3.8, 4) is 0 Å². The molecular formula is C12H23N. The molecule has 0 atom stereocenters. The molecule has 0 aromatic rings.